The Morgan fingerprint density at radius 3 is 2.53 bits per heavy atom. The molecule has 3 nitrogen and oxygen atoms in total. The van der Waals surface area contributed by atoms with Crippen molar-refractivity contribution in [2.45, 2.75) is 0 Å². The van der Waals surface area contributed by atoms with Crippen LogP contribution in [0.15, 0.2) is 12.1 Å². The van der Waals surface area contributed by atoms with Crippen molar-refractivity contribution in [1.82, 2.24) is 0 Å². The molecule has 1 aromatic carbocycles. The van der Waals surface area contributed by atoms with Gasteiger partial charge in [0.05, 0.1) is 25.1 Å². The Bertz CT molecular complexity index is 379. The van der Waals surface area contributed by atoms with E-state index < -0.39 is 5.82 Å². The van der Waals surface area contributed by atoms with Crippen LogP contribution in [0, 0.1) is 5.82 Å². The van der Waals surface area contributed by atoms with E-state index in [0.29, 0.717) is 0 Å². The van der Waals surface area contributed by atoms with E-state index in [4.69, 9.17) is 9.47 Å². The van der Waals surface area contributed by atoms with Crippen LogP contribution in [0.4, 0.5) is 4.39 Å². The van der Waals surface area contributed by atoms with Crippen LogP contribution in [0.2, 0.25) is 0 Å². The van der Waals surface area contributed by atoms with Gasteiger partial charge in [0.1, 0.15) is 0 Å². The maximum absolute atomic E-state index is 13.7. The highest BCUT2D eigenvalue weighted by Gasteiger charge is 2.18. The van der Waals surface area contributed by atoms with Crippen LogP contribution in [-0.2, 0) is 0 Å². The predicted molar refractivity (Wildman–Crippen MR) is 57.6 cm³/mol. The van der Waals surface area contributed by atoms with E-state index in [-0.39, 0.29) is 28.2 Å². The molecule has 0 spiro atoms. The molecule has 0 bridgehead atoms. The third kappa shape index (κ3) is 2.28. The lowest BCUT2D eigenvalue weighted by molar-refractivity contribution is 0.101. The zero-order chi connectivity index (χ0) is 11.4. The van der Waals surface area contributed by atoms with Gasteiger partial charge in [-0.3, -0.25) is 4.79 Å². The number of ketones is 1. The smallest absolute Gasteiger partial charge is 0.197 e. The van der Waals surface area contributed by atoms with Gasteiger partial charge in [-0.1, -0.05) is 15.9 Å². The summed E-state index contributed by atoms with van der Waals surface area (Å²) >= 11 is 2.98. The van der Waals surface area contributed by atoms with Gasteiger partial charge in [-0.05, 0) is 12.1 Å². The van der Waals surface area contributed by atoms with Gasteiger partial charge in [-0.2, -0.15) is 0 Å². The van der Waals surface area contributed by atoms with Crippen molar-refractivity contribution in [1.29, 1.82) is 0 Å². The summed E-state index contributed by atoms with van der Waals surface area (Å²) in [6.07, 6.45) is 0. The number of carbonyl (C=O) groups excluding carboxylic acids is 1. The lowest BCUT2D eigenvalue weighted by Crippen LogP contribution is -2.05. The monoisotopic (exact) mass is 276 g/mol. The summed E-state index contributed by atoms with van der Waals surface area (Å²) in [6.45, 7) is 0. The average molecular weight is 277 g/mol. The van der Waals surface area contributed by atoms with Gasteiger partial charge in [0.25, 0.3) is 0 Å². The lowest BCUT2D eigenvalue weighted by atomic mass is 10.1. The second kappa shape index (κ2) is 5.11. The quantitative estimate of drug-likeness (QED) is 0.626. The van der Waals surface area contributed by atoms with E-state index in [1.54, 1.807) is 0 Å². The van der Waals surface area contributed by atoms with E-state index in [9.17, 15) is 9.18 Å². The first kappa shape index (κ1) is 12.0. The van der Waals surface area contributed by atoms with Gasteiger partial charge in [0.15, 0.2) is 23.1 Å². The Kier molecular flexibility index (Phi) is 4.08. The molecule has 0 aliphatic heterocycles. The van der Waals surface area contributed by atoms with Gasteiger partial charge in [0, 0.05) is 0 Å². The largest absolute Gasteiger partial charge is 0.493 e. The van der Waals surface area contributed by atoms with Crippen molar-refractivity contribution in [2.75, 3.05) is 19.5 Å². The first-order chi connectivity index (χ1) is 7.15. The van der Waals surface area contributed by atoms with Crippen molar-refractivity contribution < 1.29 is 18.7 Å². The van der Waals surface area contributed by atoms with E-state index in [1.807, 2.05) is 0 Å². The standard InChI is InChI=1S/C10H10BrFO3/c1-14-8-4-3-6(7(13)5-11)9(12)10(8)15-2/h3-4H,5H2,1-2H3. The molecule has 0 aromatic heterocycles. The van der Waals surface area contributed by atoms with E-state index in [1.165, 1.54) is 26.4 Å². The molecule has 0 aliphatic rings. The molecular weight excluding hydrogens is 267 g/mol. The predicted octanol–water partition coefficient (Wildman–Crippen LogP) is 2.42. The molecule has 1 rings (SSSR count). The number of Topliss-reactive ketones (excluding diaryl/α,β-unsaturated/α-hetero) is 1. The summed E-state index contributed by atoms with van der Waals surface area (Å²) < 4.78 is 23.4. The Hall–Kier alpha value is -1.10. The molecule has 15 heavy (non-hydrogen) atoms. The van der Waals surface area contributed by atoms with E-state index >= 15 is 0 Å². The molecule has 0 heterocycles. The third-order valence-electron chi connectivity index (χ3n) is 1.91. The SMILES string of the molecule is COc1ccc(C(=O)CBr)c(F)c1OC. The molecule has 0 amide bonds. The highest BCUT2D eigenvalue weighted by Crippen LogP contribution is 2.32. The molecule has 0 N–H and O–H groups in total. The van der Waals surface area contributed by atoms with E-state index in [0.717, 1.165) is 0 Å². The van der Waals surface area contributed by atoms with Crippen molar-refractivity contribution in [3.8, 4) is 11.5 Å². The molecule has 0 saturated carbocycles. The Morgan fingerprint density at radius 2 is 2.07 bits per heavy atom. The maximum atomic E-state index is 13.7. The first-order valence-corrected chi connectivity index (χ1v) is 5.27. The second-order valence-electron chi connectivity index (χ2n) is 2.72. The summed E-state index contributed by atoms with van der Waals surface area (Å²) in [4.78, 5) is 11.3. The molecule has 1 aromatic rings. The number of benzene rings is 1. The number of hydrogen-bond acceptors (Lipinski definition) is 3. The fourth-order valence-electron chi connectivity index (χ4n) is 1.18. The molecule has 0 fully saturated rings. The average Bonchev–Trinajstić information content (AvgIpc) is 2.27. The Balaban J connectivity index is 3.29. The molecule has 0 aliphatic carbocycles. The highest BCUT2D eigenvalue weighted by molar-refractivity contribution is 9.09. The van der Waals surface area contributed by atoms with Crippen molar-refractivity contribution in [2.24, 2.45) is 0 Å². The zero-order valence-electron chi connectivity index (χ0n) is 8.34. The second-order valence-corrected chi connectivity index (χ2v) is 3.28. The number of methoxy groups -OCH3 is 2. The van der Waals surface area contributed by atoms with Crippen LogP contribution < -0.4 is 9.47 Å². The van der Waals surface area contributed by atoms with Gasteiger partial charge < -0.3 is 9.47 Å². The molecule has 0 radical (unpaired) electrons. The van der Waals surface area contributed by atoms with Crippen molar-refractivity contribution in [3.63, 3.8) is 0 Å². The van der Waals surface area contributed by atoms with Gasteiger partial charge in [-0.15, -0.1) is 0 Å². The number of ether oxygens (including phenoxy) is 2. The Morgan fingerprint density at radius 1 is 1.40 bits per heavy atom. The summed E-state index contributed by atoms with van der Waals surface area (Å²) in [5.41, 5.74) is -0.00970. The summed E-state index contributed by atoms with van der Waals surface area (Å²) in [5.74, 6) is -0.819. The van der Waals surface area contributed by atoms with Gasteiger partial charge >= 0.3 is 0 Å². The molecular formula is C10H10BrFO3. The summed E-state index contributed by atoms with van der Waals surface area (Å²) in [6, 6.07) is 2.87. The van der Waals surface area contributed by atoms with Crippen molar-refractivity contribution in [3.05, 3.63) is 23.5 Å². The minimum Gasteiger partial charge on any atom is -0.493 e. The zero-order valence-corrected chi connectivity index (χ0v) is 9.93. The molecule has 5 heteroatoms. The fraction of sp³-hybridized carbons (Fsp3) is 0.300. The molecule has 0 atom stereocenters. The normalized spacial score (nSPS) is 9.87. The van der Waals surface area contributed by atoms with Crippen LogP contribution in [0.1, 0.15) is 10.4 Å². The minimum absolute atomic E-state index is 0.00970. The molecule has 82 valence electrons. The summed E-state index contributed by atoms with van der Waals surface area (Å²) in [7, 11) is 2.73. The highest BCUT2D eigenvalue weighted by atomic mass is 79.9. The summed E-state index contributed by atoms with van der Waals surface area (Å²) in [5, 5.41) is 0.0689. The number of halogens is 2. The van der Waals surface area contributed by atoms with Crippen LogP contribution in [0.5, 0.6) is 11.5 Å². The van der Waals surface area contributed by atoms with Crippen molar-refractivity contribution >= 4 is 21.7 Å². The van der Waals surface area contributed by atoms with Crippen LogP contribution in [0.25, 0.3) is 0 Å². The van der Waals surface area contributed by atoms with E-state index in [2.05, 4.69) is 15.9 Å². The van der Waals surface area contributed by atoms with Crippen LogP contribution in [-0.4, -0.2) is 25.3 Å². The topological polar surface area (TPSA) is 35.5 Å². The van der Waals surface area contributed by atoms with Gasteiger partial charge in [-0.25, -0.2) is 4.39 Å². The number of carbonyl (C=O) groups is 1. The lowest BCUT2D eigenvalue weighted by Gasteiger charge is -2.10. The third-order valence-corrected chi connectivity index (χ3v) is 2.42. The Labute approximate surface area is 95.3 Å². The number of rotatable bonds is 4. The molecule has 0 saturated heterocycles. The van der Waals surface area contributed by atoms with Crippen LogP contribution >= 0.6 is 15.9 Å². The molecule has 0 unspecified atom stereocenters. The minimum atomic E-state index is -0.693. The fourth-order valence-corrected chi connectivity index (χ4v) is 1.48. The maximum Gasteiger partial charge on any atom is 0.197 e. The van der Waals surface area contributed by atoms with Gasteiger partial charge in [0.2, 0.25) is 0 Å². The number of hydrogen-bond donors (Lipinski definition) is 0. The first-order valence-electron chi connectivity index (χ1n) is 4.15. The number of alkyl halides is 1. The van der Waals surface area contributed by atoms with Crippen LogP contribution in [0.3, 0.4) is 0 Å².